The molecule has 0 saturated heterocycles. The van der Waals surface area contributed by atoms with Crippen molar-refractivity contribution in [2.75, 3.05) is 0 Å². The third kappa shape index (κ3) is 1.93. The first-order valence-corrected chi connectivity index (χ1v) is 9.26. The van der Waals surface area contributed by atoms with Gasteiger partial charge >= 0.3 is 0 Å². The fraction of sp³-hybridized carbons (Fsp3) is 0.667. The van der Waals surface area contributed by atoms with E-state index in [1.54, 1.807) is 13.0 Å². The number of allylic oxidation sites excluding steroid dienone is 4. The van der Waals surface area contributed by atoms with Crippen LogP contribution in [0, 0.1) is 28.6 Å². The highest BCUT2D eigenvalue weighted by Gasteiger charge is 2.57. The molecule has 4 aliphatic carbocycles. The molecular weight excluding hydrogens is 300 g/mol. The van der Waals surface area contributed by atoms with Gasteiger partial charge < -0.3 is 0 Å². The van der Waals surface area contributed by atoms with Crippen LogP contribution < -0.4 is 0 Å². The van der Waals surface area contributed by atoms with E-state index in [0.29, 0.717) is 24.0 Å². The fourth-order valence-electron chi connectivity index (χ4n) is 6.44. The molecule has 0 spiro atoms. The van der Waals surface area contributed by atoms with Gasteiger partial charge in [-0.2, -0.15) is 0 Å². The van der Waals surface area contributed by atoms with Crippen molar-refractivity contribution in [2.45, 2.75) is 59.3 Å². The summed E-state index contributed by atoms with van der Waals surface area (Å²) in [6.45, 7) is 6.19. The van der Waals surface area contributed by atoms with Gasteiger partial charge in [0.05, 0.1) is 0 Å². The molecule has 4 aliphatic rings. The van der Waals surface area contributed by atoms with Crippen molar-refractivity contribution >= 4 is 17.3 Å². The minimum Gasteiger partial charge on any atom is -0.300 e. The molecule has 0 unspecified atom stereocenters. The van der Waals surface area contributed by atoms with E-state index in [1.807, 2.05) is 0 Å². The molecule has 0 aromatic carbocycles. The number of carbonyl (C=O) groups is 3. The Labute approximate surface area is 143 Å². The zero-order chi connectivity index (χ0) is 17.3. The van der Waals surface area contributed by atoms with Crippen LogP contribution in [-0.4, -0.2) is 17.3 Å². The highest BCUT2D eigenvalue weighted by Crippen LogP contribution is 2.64. The SMILES string of the molecule is CC(=O)[C@H]1CC[C@H]2[C@@H]3CCC4=CC(=O)C(=O)C[C@]4(C)C3=CC[C@]12C. The Balaban J connectivity index is 1.76. The zero-order valence-electron chi connectivity index (χ0n) is 14.9. The molecule has 0 aromatic rings. The molecule has 128 valence electrons. The maximum absolute atomic E-state index is 12.1. The number of Topliss-reactive ketones (excluding diaryl/α,β-unsaturated/α-hetero) is 2. The number of hydrogen-bond donors (Lipinski definition) is 0. The third-order valence-electron chi connectivity index (χ3n) is 7.71. The molecule has 3 heteroatoms. The minimum atomic E-state index is -0.320. The van der Waals surface area contributed by atoms with Gasteiger partial charge in [0.15, 0.2) is 0 Å². The van der Waals surface area contributed by atoms with E-state index in [1.165, 1.54) is 5.57 Å². The molecule has 5 atom stereocenters. The van der Waals surface area contributed by atoms with E-state index >= 15 is 0 Å². The first-order valence-electron chi connectivity index (χ1n) is 9.26. The second-order valence-corrected chi connectivity index (χ2v) is 8.83. The van der Waals surface area contributed by atoms with Gasteiger partial charge in [0.1, 0.15) is 5.78 Å². The van der Waals surface area contributed by atoms with Crippen molar-refractivity contribution in [3.05, 3.63) is 23.3 Å². The van der Waals surface area contributed by atoms with Gasteiger partial charge in [-0.1, -0.05) is 31.1 Å². The molecule has 0 radical (unpaired) electrons. The van der Waals surface area contributed by atoms with Gasteiger partial charge in [0.2, 0.25) is 11.6 Å². The van der Waals surface area contributed by atoms with E-state index < -0.39 is 0 Å². The summed E-state index contributed by atoms with van der Waals surface area (Å²) in [6, 6.07) is 0. The van der Waals surface area contributed by atoms with Gasteiger partial charge in [0, 0.05) is 17.8 Å². The summed E-state index contributed by atoms with van der Waals surface area (Å²) in [5, 5.41) is 0. The monoisotopic (exact) mass is 326 g/mol. The van der Waals surface area contributed by atoms with Crippen molar-refractivity contribution in [1.82, 2.24) is 0 Å². The van der Waals surface area contributed by atoms with Crippen molar-refractivity contribution in [1.29, 1.82) is 0 Å². The van der Waals surface area contributed by atoms with Crippen LogP contribution in [0.3, 0.4) is 0 Å². The smallest absolute Gasteiger partial charge is 0.221 e. The van der Waals surface area contributed by atoms with Gasteiger partial charge in [-0.15, -0.1) is 0 Å². The molecule has 24 heavy (non-hydrogen) atoms. The predicted octanol–water partition coefficient (Wildman–Crippen LogP) is 3.82. The lowest BCUT2D eigenvalue weighted by atomic mass is 9.51. The molecule has 0 aliphatic heterocycles. The van der Waals surface area contributed by atoms with Crippen LogP contribution >= 0.6 is 0 Å². The van der Waals surface area contributed by atoms with Crippen LogP contribution in [0.4, 0.5) is 0 Å². The Kier molecular flexibility index (Phi) is 3.33. The summed E-state index contributed by atoms with van der Waals surface area (Å²) in [7, 11) is 0. The van der Waals surface area contributed by atoms with Crippen LogP contribution in [-0.2, 0) is 14.4 Å². The molecule has 0 heterocycles. The lowest BCUT2D eigenvalue weighted by molar-refractivity contribution is -0.135. The van der Waals surface area contributed by atoms with Gasteiger partial charge in [-0.05, 0) is 62.4 Å². The van der Waals surface area contributed by atoms with Crippen LogP contribution in [0.15, 0.2) is 23.3 Å². The van der Waals surface area contributed by atoms with Crippen molar-refractivity contribution < 1.29 is 14.4 Å². The summed E-state index contributed by atoms with van der Waals surface area (Å²) in [6.07, 6.45) is 9.30. The molecule has 2 fully saturated rings. The van der Waals surface area contributed by atoms with Gasteiger partial charge in [-0.3, -0.25) is 14.4 Å². The normalized spacial score (nSPS) is 44.2. The Bertz CT molecular complexity index is 713. The molecular formula is C21H26O3. The molecule has 4 rings (SSSR count). The summed E-state index contributed by atoms with van der Waals surface area (Å²) in [5.41, 5.74) is 2.35. The topological polar surface area (TPSA) is 51.2 Å². The second kappa shape index (κ2) is 5.00. The highest BCUT2D eigenvalue weighted by molar-refractivity contribution is 6.42. The Hall–Kier alpha value is -1.51. The number of hydrogen-bond acceptors (Lipinski definition) is 3. The summed E-state index contributed by atoms with van der Waals surface area (Å²) in [5.74, 6) is 0.954. The van der Waals surface area contributed by atoms with Crippen LogP contribution in [0.2, 0.25) is 0 Å². The van der Waals surface area contributed by atoms with E-state index in [0.717, 1.165) is 37.7 Å². The first kappa shape index (κ1) is 16.0. The van der Waals surface area contributed by atoms with E-state index in [-0.39, 0.29) is 28.3 Å². The van der Waals surface area contributed by atoms with Crippen molar-refractivity contribution in [3.8, 4) is 0 Å². The Morgan fingerprint density at radius 1 is 1.17 bits per heavy atom. The Morgan fingerprint density at radius 3 is 2.62 bits per heavy atom. The molecule has 0 aromatic heterocycles. The average Bonchev–Trinajstić information content (AvgIpc) is 2.86. The number of carbonyl (C=O) groups excluding carboxylic acids is 3. The van der Waals surface area contributed by atoms with Crippen LogP contribution in [0.25, 0.3) is 0 Å². The fourth-order valence-corrected chi connectivity index (χ4v) is 6.44. The zero-order valence-corrected chi connectivity index (χ0v) is 14.9. The number of fused-ring (bicyclic) bond motifs is 5. The van der Waals surface area contributed by atoms with Gasteiger partial charge in [0.25, 0.3) is 0 Å². The quantitative estimate of drug-likeness (QED) is 0.544. The maximum Gasteiger partial charge on any atom is 0.221 e. The Morgan fingerprint density at radius 2 is 1.92 bits per heavy atom. The first-order chi connectivity index (χ1) is 11.3. The van der Waals surface area contributed by atoms with Crippen LogP contribution in [0.5, 0.6) is 0 Å². The minimum absolute atomic E-state index is 0.0755. The van der Waals surface area contributed by atoms with E-state index in [2.05, 4.69) is 19.9 Å². The van der Waals surface area contributed by atoms with E-state index in [4.69, 9.17) is 0 Å². The molecule has 0 N–H and O–H groups in total. The molecule has 0 amide bonds. The maximum atomic E-state index is 12.1. The highest BCUT2D eigenvalue weighted by atomic mass is 16.2. The third-order valence-corrected chi connectivity index (χ3v) is 7.71. The molecule has 2 saturated carbocycles. The van der Waals surface area contributed by atoms with Crippen molar-refractivity contribution in [2.24, 2.45) is 28.6 Å². The standard InChI is InChI=1S/C21H26O3/c1-12(22)15-6-7-16-14-5-4-13-10-18(23)19(24)11-21(13,3)17(14)8-9-20(15,16)2/h8,10,14-16H,4-7,9,11H2,1-3H3/t14-,15+,16-,20+,21-/m0/s1. The predicted molar refractivity (Wildman–Crippen MR) is 91.2 cm³/mol. The molecule has 3 nitrogen and oxygen atoms in total. The largest absolute Gasteiger partial charge is 0.300 e. The summed E-state index contributed by atoms with van der Waals surface area (Å²) < 4.78 is 0. The van der Waals surface area contributed by atoms with Gasteiger partial charge in [-0.25, -0.2) is 0 Å². The van der Waals surface area contributed by atoms with Crippen LogP contribution in [0.1, 0.15) is 59.3 Å². The summed E-state index contributed by atoms with van der Waals surface area (Å²) >= 11 is 0. The lowest BCUT2D eigenvalue weighted by Crippen LogP contribution is -2.46. The average molecular weight is 326 g/mol. The van der Waals surface area contributed by atoms with E-state index in [9.17, 15) is 14.4 Å². The number of ketones is 3. The van der Waals surface area contributed by atoms with Crippen molar-refractivity contribution in [3.63, 3.8) is 0 Å². The second-order valence-electron chi connectivity index (χ2n) is 8.83. The summed E-state index contributed by atoms with van der Waals surface area (Å²) in [4.78, 5) is 36.0. The lowest BCUT2D eigenvalue weighted by Gasteiger charge is -2.53. The molecule has 0 bridgehead atoms. The number of rotatable bonds is 1.